The van der Waals surface area contributed by atoms with Crippen molar-refractivity contribution in [2.75, 3.05) is 0 Å². The second-order valence-electron chi connectivity index (χ2n) is 3.46. The van der Waals surface area contributed by atoms with E-state index in [0.29, 0.717) is 5.56 Å². The van der Waals surface area contributed by atoms with Crippen LogP contribution in [-0.2, 0) is 6.61 Å². The maximum absolute atomic E-state index is 13.3. The van der Waals surface area contributed by atoms with Gasteiger partial charge in [-0.15, -0.1) is 0 Å². The van der Waals surface area contributed by atoms with E-state index in [1.165, 1.54) is 24.4 Å². The smallest absolute Gasteiger partial charge is 0.330 e. The summed E-state index contributed by atoms with van der Waals surface area (Å²) >= 11 is 0. The number of nitro groups is 1. The van der Waals surface area contributed by atoms with Crippen LogP contribution in [0.4, 0.5) is 10.1 Å². The first-order valence-electron chi connectivity index (χ1n) is 5.14. The number of benzene rings is 1. The number of hydrogen-bond donors (Lipinski definition) is 0. The Balaban J connectivity index is 2.16. The van der Waals surface area contributed by atoms with E-state index in [9.17, 15) is 14.5 Å². The topological polar surface area (TPSA) is 65.3 Å². The molecule has 0 aliphatic rings. The average Bonchev–Trinajstić information content (AvgIpc) is 2.38. The van der Waals surface area contributed by atoms with Gasteiger partial charge in [0, 0.05) is 17.8 Å². The van der Waals surface area contributed by atoms with Crippen molar-refractivity contribution in [1.29, 1.82) is 0 Å². The van der Waals surface area contributed by atoms with Crippen LogP contribution >= 0.6 is 0 Å². The van der Waals surface area contributed by atoms with E-state index in [4.69, 9.17) is 4.74 Å². The third kappa shape index (κ3) is 2.60. The van der Waals surface area contributed by atoms with Crippen LogP contribution in [-0.4, -0.2) is 9.91 Å². The molecule has 0 spiro atoms. The lowest BCUT2D eigenvalue weighted by molar-refractivity contribution is -0.386. The van der Waals surface area contributed by atoms with Gasteiger partial charge in [0.2, 0.25) is 0 Å². The molecule has 1 aromatic carbocycles. The van der Waals surface area contributed by atoms with Crippen LogP contribution in [0.5, 0.6) is 5.88 Å². The molecular formula is C12H9FN2O3. The quantitative estimate of drug-likeness (QED) is 0.616. The minimum Gasteiger partial charge on any atom is -0.468 e. The van der Waals surface area contributed by atoms with Crippen LogP contribution < -0.4 is 4.74 Å². The van der Waals surface area contributed by atoms with Gasteiger partial charge in [0.1, 0.15) is 12.4 Å². The summed E-state index contributed by atoms with van der Waals surface area (Å²) in [6, 6.07) is 8.78. The monoisotopic (exact) mass is 248 g/mol. The predicted octanol–water partition coefficient (Wildman–Crippen LogP) is 2.71. The molecule has 0 unspecified atom stereocenters. The minimum absolute atomic E-state index is 0.107. The van der Waals surface area contributed by atoms with E-state index in [0.717, 1.165) is 0 Å². The van der Waals surface area contributed by atoms with Crippen molar-refractivity contribution in [3.63, 3.8) is 0 Å². The van der Waals surface area contributed by atoms with Gasteiger partial charge in [-0.2, -0.15) is 0 Å². The first-order chi connectivity index (χ1) is 8.68. The molecule has 0 aliphatic carbocycles. The molecule has 0 atom stereocenters. The standard InChI is InChI=1S/C12H9FN2O3/c13-10-5-2-1-4-9(10)8-18-12-11(15(16)17)6-3-7-14-12/h1-7H,8H2. The fraction of sp³-hybridized carbons (Fsp3) is 0.0833. The lowest BCUT2D eigenvalue weighted by Gasteiger charge is -2.06. The summed E-state index contributed by atoms with van der Waals surface area (Å²) in [6.45, 7) is -0.107. The van der Waals surface area contributed by atoms with E-state index >= 15 is 0 Å². The molecule has 0 amide bonds. The number of ether oxygens (including phenoxy) is 1. The van der Waals surface area contributed by atoms with Crippen molar-refractivity contribution in [1.82, 2.24) is 4.98 Å². The summed E-state index contributed by atoms with van der Waals surface area (Å²) in [7, 11) is 0. The van der Waals surface area contributed by atoms with Crippen molar-refractivity contribution in [3.05, 3.63) is 64.1 Å². The molecule has 0 saturated heterocycles. The second kappa shape index (κ2) is 5.22. The molecule has 0 saturated carbocycles. The number of rotatable bonds is 4. The SMILES string of the molecule is O=[N+]([O-])c1cccnc1OCc1ccccc1F. The highest BCUT2D eigenvalue weighted by atomic mass is 19.1. The zero-order valence-corrected chi connectivity index (χ0v) is 9.25. The van der Waals surface area contributed by atoms with E-state index < -0.39 is 10.7 Å². The maximum atomic E-state index is 13.3. The molecule has 2 aromatic rings. The van der Waals surface area contributed by atoms with Crippen molar-refractivity contribution < 1.29 is 14.1 Å². The molecule has 0 bridgehead atoms. The Bertz CT molecular complexity index is 575. The van der Waals surface area contributed by atoms with Gasteiger partial charge in [0.25, 0.3) is 5.88 Å². The molecule has 0 radical (unpaired) electrons. The van der Waals surface area contributed by atoms with E-state index in [1.807, 2.05) is 0 Å². The Kier molecular flexibility index (Phi) is 3.47. The average molecular weight is 248 g/mol. The fourth-order valence-corrected chi connectivity index (χ4v) is 1.39. The number of nitrogens with zero attached hydrogens (tertiary/aromatic N) is 2. The van der Waals surface area contributed by atoms with Crippen LogP contribution in [0, 0.1) is 15.9 Å². The minimum atomic E-state index is -0.594. The Morgan fingerprint density at radius 3 is 2.78 bits per heavy atom. The van der Waals surface area contributed by atoms with Crippen LogP contribution in [0.2, 0.25) is 0 Å². The summed E-state index contributed by atoms with van der Waals surface area (Å²) in [5, 5.41) is 10.7. The molecule has 5 nitrogen and oxygen atoms in total. The second-order valence-corrected chi connectivity index (χ2v) is 3.46. The normalized spacial score (nSPS) is 10.1. The third-order valence-electron chi connectivity index (χ3n) is 2.27. The maximum Gasteiger partial charge on any atom is 0.330 e. The number of aromatic nitrogens is 1. The van der Waals surface area contributed by atoms with Gasteiger partial charge < -0.3 is 4.74 Å². The van der Waals surface area contributed by atoms with Gasteiger partial charge in [-0.1, -0.05) is 18.2 Å². The number of pyridine rings is 1. The molecule has 18 heavy (non-hydrogen) atoms. The zero-order valence-electron chi connectivity index (χ0n) is 9.25. The van der Waals surface area contributed by atoms with Gasteiger partial charge in [0.05, 0.1) is 4.92 Å². The summed E-state index contributed by atoms with van der Waals surface area (Å²) in [5.74, 6) is -0.540. The first-order valence-corrected chi connectivity index (χ1v) is 5.14. The Morgan fingerprint density at radius 2 is 2.06 bits per heavy atom. The highest BCUT2D eigenvalue weighted by Gasteiger charge is 2.15. The first kappa shape index (κ1) is 12.0. The summed E-state index contributed by atoms with van der Waals surface area (Å²) in [5.41, 5.74) is 0.0753. The fourth-order valence-electron chi connectivity index (χ4n) is 1.39. The zero-order chi connectivity index (χ0) is 13.0. The van der Waals surface area contributed by atoms with Crippen LogP contribution in [0.3, 0.4) is 0 Å². The van der Waals surface area contributed by atoms with Crippen molar-refractivity contribution in [3.8, 4) is 5.88 Å². The van der Waals surface area contributed by atoms with Crippen molar-refractivity contribution in [2.24, 2.45) is 0 Å². The highest BCUT2D eigenvalue weighted by molar-refractivity contribution is 5.39. The van der Waals surface area contributed by atoms with Gasteiger partial charge in [-0.05, 0) is 12.1 Å². The van der Waals surface area contributed by atoms with Gasteiger partial charge in [-0.3, -0.25) is 10.1 Å². The molecule has 1 aromatic heterocycles. The Morgan fingerprint density at radius 1 is 1.28 bits per heavy atom. The van der Waals surface area contributed by atoms with Crippen LogP contribution in [0.1, 0.15) is 5.56 Å². The van der Waals surface area contributed by atoms with E-state index in [2.05, 4.69) is 4.98 Å². The molecule has 0 aliphatic heterocycles. The highest BCUT2D eigenvalue weighted by Crippen LogP contribution is 2.23. The summed E-state index contributed by atoms with van der Waals surface area (Å²) < 4.78 is 18.5. The molecular weight excluding hydrogens is 239 g/mol. The number of halogens is 1. The predicted molar refractivity (Wildman–Crippen MR) is 61.6 cm³/mol. The van der Waals surface area contributed by atoms with Crippen molar-refractivity contribution >= 4 is 5.69 Å². The summed E-state index contributed by atoms with van der Waals surface area (Å²) in [6.07, 6.45) is 1.38. The summed E-state index contributed by atoms with van der Waals surface area (Å²) in [4.78, 5) is 13.9. The van der Waals surface area contributed by atoms with Crippen molar-refractivity contribution in [2.45, 2.75) is 6.61 Å². The van der Waals surface area contributed by atoms with Gasteiger partial charge in [-0.25, -0.2) is 9.37 Å². The largest absolute Gasteiger partial charge is 0.468 e. The lowest BCUT2D eigenvalue weighted by Crippen LogP contribution is -2.02. The van der Waals surface area contributed by atoms with Gasteiger partial charge >= 0.3 is 5.69 Å². The molecule has 0 fully saturated rings. The molecule has 6 heteroatoms. The Labute approximate surface area is 102 Å². The number of hydrogen-bond acceptors (Lipinski definition) is 4. The molecule has 1 heterocycles. The van der Waals surface area contributed by atoms with E-state index in [-0.39, 0.29) is 18.2 Å². The molecule has 0 N–H and O–H groups in total. The van der Waals surface area contributed by atoms with Gasteiger partial charge in [0.15, 0.2) is 0 Å². The lowest BCUT2D eigenvalue weighted by atomic mass is 10.2. The van der Waals surface area contributed by atoms with E-state index in [1.54, 1.807) is 18.2 Å². The Hall–Kier alpha value is -2.50. The van der Waals surface area contributed by atoms with Crippen LogP contribution in [0.15, 0.2) is 42.6 Å². The third-order valence-corrected chi connectivity index (χ3v) is 2.27. The van der Waals surface area contributed by atoms with Crippen LogP contribution in [0.25, 0.3) is 0 Å². The molecule has 92 valence electrons. The molecule has 2 rings (SSSR count).